The molecule has 0 radical (unpaired) electrons. The molecule has 0 aliphatic heterocycles. The van der Waals surface area contributed by atoms with Crippen molar-refractivity contribution in [3.8, 4) is 0 Å². The molecule has 0 aliphatic carbocycles. The number of benzene rings is 1. The van der Waals surface area contributed by atoms with E-state index in [2.05, 4.69) is 4.72 Å². The number of sulfonamides is 1. The zero-order chi connectivity index (χ0) is 12.3. The highest BCUT2D eigenvalue weighted by Crippen LogP contribution is 2.22. The predicted octanol–water partition coefficient (Wildman–Crippen LogP) is 0.581. The van der Waals surface area contributed by atoms with Gasteiger partial charge in [0, 0.05) is 11.1 Å². The first-order chi connectivity index (χ1) is 7.36. The monoisotopic (exact) mass is 264 g/mol. The number of nitrogens with two attached hydrogens (primary N) is 1. The molecule has 0 fully saturated rings. The van der Waals surface area contributed by atoms with Gasteiger partial charge in [0.05, 0.1) is 12.3 Å². The summed E-state index contributed by atoms with van der Waals surface area (Å²) in [6.45, 7) is 1.26. The van der Waals surface area contributed by atoms with Crippen LogP contribution >= 0.6 is 11.6 Å². The fourth-order valence-electron chi connectivity index (χ4n) is 1.13. The third-order valence-corrected chi connectivity index (χ3v) is 3.79. The van der Waals surface area contributed by atoms with E-state index in [1.807, 2.05) is 0 Å². The Morgan fingerprint density at radius 3 is 2.69 bits per heavy atom. The Labute approximate surface area is 99.3 Å². The van der Waals surface area contributed by atoms with E-state index in [1.54, 1.807) is 6.92 Å². The van der Waals surface area contributed by atoms with Crippen LogP contribution in [0.5, 0.6) is 0 Å². The summed E-state index contributed by atoms with van der Waals surface area (Å²) in [5.74, 6) is 0. The Hall–Kier alpha value is -0.820. The summed E-state index contributed by atoms with van der Waals surface area (Å²) >= 11 is 5.66. The van der Waals surface area contributed by atoms with Crippen molar-refractivity contribution in [1.82, 2.24) is 4.72 Å². The first-order valence-corrected chi connectivity index (χ1v) is 6.41. The van der Waals surface area contributed by atoms with Gasteiger partial charge in [-0.05, 0) is 25.1 Å². The van der Waals surface area contributed by atoms with E-state index < -0.39 is 16.1 Å². The maximum absolute atomic E-state index is 11.8. The lowest BCUT2D eigenvalue weighted by molar-refractivity contribution is 0.265. The van der Waals surface area contributed by atoms with E-state index in [9.17, 15) is 8.42 Å². The van der Waals surface area contributed by atoms with Crippen molar-refractivity contribution in [2.24, 2.45) is 0 Å². The van der Waals surface area contributed by atoms with Crippen LogP contribution in [0.4, 0.5) is 5.69 Å². The summed E-state index contributed by atoms with van der Waals surface area (Å²) < 4.78 is 25.9. The predicted molar refractivity (Wildman–Crippen MR) is 62.7 cm³/mol. The topological polar surface area (TPSA) is 92.4 Å². The van der Waals surface area contributed by atoms with Crippen LogP contribution in [0.3, 0.4) is 0 Å². The molecule has 16 heavy (non-hydrogen) atoms. The van der Waals surface area contributed by atoms with Crippen molar-refractivity contribution >= 4 is 27.3 Å². The van der Waals surface area contributed by atoms with Crippen LogP contribution in [0, 0.1) is 0 Å². The first-order valence-electron chi connectivity index (χ1n) is 4.55. The quantitative estimate of drug-likeness (QED) is 0.694. The smallest absolute Gasteiger partial charge is 0.242 e. The number of hydrogen-bond acceptors (Lipinski definition) is 4. The van der Waals surface area contributed by atoms with Gasteiger partial charge in [-0.25, -0.2) is 13.1 Å². The molecule has 1 rings (SSSR count). The average Bonchev–Trinajstić information content (AvgIpc) is 2.16. The molecular formula is C9H13ClN2O3S. The van der Waals surface area contributed by atoms with E-state index >= 15 is 0 Å². The molecular weight excluding hydrogens is 252 g/mol. The molecule has 0 spiro atoms. The Morgan fingerprint density at radius 1 is 1.56 bits per heavy atom. The minimum absolute atomic E-state index is 0.0443. The maximum Gasteiger partial charge on any atom is 0.242 e. The van der Waals surface area contributed by atoms with Gasteiger partial charge in [0.25, 0.3) is 0 Å². The lowest BCUT2D eigenvalue weighted by Crippen LogP contribution is -2.35. The normalized spacial score (nSPS) is 13.7. The molecule has 0 aliphatic rings. The second-order valence-electron chi connectivity index (χ2n) is 3.39. The van der Waals surface area contributed by atoms with Crippen LogP contribution in [-0.4, -0.2) is 26.2 Å². The molecule has 0 heterocycles. The molecule has 0 saturated heterocycles. The summed E-state index contributed by atoms with van der Waals surface area (Å²) in [5.41, 5.74) is 5.63. The number of anilines is 1. The van der Waals surface area contributed by atoms with Gasteiger partial charge >= 0.3 is 0 Å². The Bertz CT molecular complexity index is 476. The van der Waals surface area contributed by atoms with Crippen molar-refractivity contribution in [3.63, 3.8) is 0 Å². The molecule has 1 aromatic carbocycles. The highest BCUT2D eigenvalue weighted by atomic mass is 35.5. The lowest BCUT2D eigenvalue weighted by atomic mass is 10.3. The van der Waals surface area contributed by atoms with Gasteiger partial charge < -0.3 is 10.8 Å². The fraction of sp³-hybridized carbons (Fsp3) is 0.333. The Balaban J connectivity index is 3.08. The van der Waals surface area contributed by atoms with E-state index in [1.165, 1.54) is 18.2 Å². The minimum Gasteiger partial charge on any atom is -0.398 e. The number of hydrogen-bond donors (Lipinski definition) is 3. The van der Waals surface area contributed by atoms with Gasteiger partial charge in [-0.3, -0.25) is 0 Å². The SMILES string of the molecule is C[C@H](CO)NS(=O)(=O)c1ccc(Cl)cc1N. The molecule has 0 amide bonds. The fourth-order valence-corrected chi connectivity index (χ4v) is 2.66. The second-order valence-corrected chi connectivity index (χ2v) is 5.51. The maximum atomic E-state index is 11.8. The second kappa shape index (κ2) is 5.01. The summed E-state index contributed by atoms with van der Waals surface area (Å²) in [7, 11) is -3.71. The zero-order valence-electron chi connectivity index (χ0n) is 8.64. The van der Waals surface area contributed by atoms with Crippen LogP contribution in [0.15, 0.2) is 23.1 Å². The average molecular weight is 265 g/mol. The van der Waals surface area contributed by atoms with Gasteiger partial charge in [0.15, 0.2) is 0 Å². The summed E-state index contributed by atoms with van der Waals surface area (Å²) in [5, 5.41) is 9.15. The molecule has 7 heteroatoms. The highest BCUT2D eigenvalue weighted by Gasteiger charge is 2.19. The molecule has 4 N–H and O–H groups in total. The molecule has 0 bridgehead atoms. The number of aliphatic hydroxyl groups excluding tert-OH is 1. The van der Waals surface area contributed by atoms with Crippen LogP contribution in [0.1, 0.15) is 6.92 Å². The molecule has 5 nitrogen and oxygen atoms in total. The van der Waals surface area contributed by atoms with Crippen LogP contribution in [-0.2, 0) is 10.0 Å². The summed E-state index contributed by atoms with van der Waals surface area (Å²) in [4.78, 5) is -0.0443. The number of rotatable bonds is 4. The third-order valence-electron chi connectivity index (χ3n) is 1.89. The van der Waals surface area contributed by atoms with Crippen molar-refractivity contribution in [2.45, 2.75) is 17.9 Å². The van der Waals surface area contributed by atoms with Gasteiger partial charge in [-0.2, -0.15) is 0 Å². The van der Waals surface area contributed by atoms with Crippen LogP contribution < -0.4 is 10.5 Å². The van der Waals surface area contributed by atoms with Gasteiger partial charge in [-0.1, -0.05) is 11.6 Å². The van der Waals surface area contributed by atoms with Gasteiger partial charge in [0.1, 0.15) is 4.90 Å². The number of aliphatic hydroxyl groups is 1. The first kappa shape index (κ1) is 13.2. The standard InChI is InChI=1S/C9H13ClN2O3S/c1-6(5-13)12-16(14,15)9-3-2-7(10)4-8(9)11/h2-4,6,12-13H,5,11H2,1H3/t6-/m1/s1. The third kappa shape index (κ3) is 3.08. The zero-order valence-corrected chi connectivity index (χ0v) is 10.2. The van der Waals surface area contributed by atoms with Crippen molar-refractivity contribution in [2.75, 3.05) is 12.3 Å². The summed E-state index contributed by atoms with van der Waals surface area (Å²) in [6.07, 6.45) is 0. The largest absolute Gasteiger partial charge is 0.398 e. The molecule has 0 unspecified atom stereocenters. The van der Waals surface area contributed by atoms with Crippen LogP contribution in [0.25, 0.3) is 0 Å². The van der Waals surface area contributed by atoms with E-state index in [4.69, 9.17) is 22.4 Å². The van der Waals surface area contributed by atoms with Crippen LogP contribution in [0.2, 0.25) is 5.02 Å². The molecule has 0 saturated carbocycles. The van der Waals surface area contributed by atoms with Crippen molar-refractivity contribution in [1.29, 1.82) is 0 Å². The van der Waals surface area contributed by atoms with Crippen molar-refractivity contribution < 1.29 is 13.5 Å². The van der Waals surface area contributed by atoms with Gasteiger partial charge in [0.2, 0.25) is 10.0 Å². The van der Waals surface area contributed by atoms with Crippen molar-refractivity contribution in [3.05, 3.63) is 23.2 Å². The Kier molecular flexibility index (Phi) is 4.15. The molecule has 1 atom stereocenters. The minimum atomic E-state index is -3.71. The van der Waals surface area contributed by atoms with Gasteiger partial charge in [-0.15, -0.1) is 0 Å². The lowest BCUT2D eigenvalue weighted by Gasteiger charge is -2.13. The summed E-state index contributed by atoms with van der Waals surface area (Å²) in [6, 6.07) is 3.56. The molecule has 1 aromatic rings. The Morgan fingerprint density at radius 2 is 2.19 bits per heavy atom. The van der Waals surface area contributed by atoms with E-state index in [0.717, 1.165) is 0 Å². The van der Waals surface area contributed by atoms with E-state index in [0.29, 0.717) is 5.02 Å². The molecule has 0 aromatic heterocycles. The highest BCUT2D eigenvalue weighted by molar-refractivity contribution is 7.89. The van der Waals surface area contributed by atoms with E-state index in [-0.39, 0.29) is 17.2 Å². The number of nitrogens with one attached hydrogen (secondary N) is 1. The number of nitrogen functional groups attached to an aromatic ring is 1. The molecule has 90 valence electrons. The number of halogens is 1.